The number of benzene rings is 1. The maximum absolute atomic E-state index is 12.5. The lowest BCUT2D eigenvalue weighted by Crippen LogP contribution is -2.42. The van der Waals surface area contributed by atoms with Gasteiger partial charge in [-0.3, -0.25) is 4.79 Å². The third-order valence-corrected chi connectivity index (χ3v) is 4.85. The number of esters is 1. The van der Waals surface area contributed by atoms with Crippen LogP contribution in [0.2, 0.25) is 0 Å². The first-order chi connectivity index (χ1) is 13.9. The standard InChI is InChI=1S/C22H28N2O5/c1-5-17(13-16-9-7-6-8-10-16)15(3)29-22(27)14(2)24-21(26)19-20(25)18(28-4)11-12-23-19/h6-12,14-15,17,25H,5,13H2,1-4H3,(H,24,26)/t14-,15-,17-/m0/s1. The van der Waals surface area contributed by atoms with E-state index in [-0.39, 0.29) is 29.2 Å². The first-order valence-electron chi connectivity index (χ1n) is 9.64. The Balaban J connectivity index is 1.96. The highest BCUT2D eigenvalue weighted by Crippen LogP contribution is 2.27. The molecule has 0 aliphatic rings. The normalized spacial score (nSPS) is 13.8. The van der Waals surface area contributed by atoms with Gasteiger partial charge in [0.15, 0.2) is 17.2 Å². The number of carbonyl (C=O) groups is 2. The average Bonchev–Trinajstić information content (AvgIpc) is 2.72. The lowest BCUT2D eigenvalue weighted by Gasteiger charge is -2.24. The molecule has 2 N–H and O–H groups in total. The molecule has 0 bridgehead atoms. The Morgan fingerprint density at radius 3 is 2.48 bits per heavy atom. The molecule has 3 atom stereocenters. The number of hydrogen-bond acceptors (Lipinski definition) is 6. The Hall–Kier alpha value is -3.09. The van der Waals surface area contributed by atoms with Crippen LogP contribution in [-0.4, -0.2) is 41.2 Å². The van der Waals surface area contributed by atoms with Gasteiger partial charge in [0, 0.05) is 12.3 Å². The van der Waals surface area contributed by atoms with Crippen LogP contribution >= 0.6 is 0 Å². The van der Waals surface area contributed by atoms with Gasteiger partial charge in [-0.15, -0.1) is 0 Å². The molecule has 0 saturated carbocycles. The molecule has 0 unspecified atom stereocenters. The fourth-order valence-electron chi connectivity index (χ4n) is 3.03. The van der Waals surface area contributed by atoms with Crippen molar-refractivity contribution in [3.8, 4) is 11.5 Å². The van der Waals surface area contributed by atoms with Crippen molar-refractivity contribution in [2.75, 3.05) is 7.11 Å². The number of ether oxygens (including phenoxy) is 2. The second-order valence-electron chi connectivity index (χ2n) is 6.91. The van der Waals surface area contributed by atoms with Crippen LogP contribution in [0, 0.1) is 5.92 Å². The molecule has 1 aromatic carbocycles. The predicted octanol–water partition coefficient (Wildman–Crippen LogP) is 3.11. The number of aromatic nitrogens is 1. The van der Waals surface area contributed by atoms with E-state index < -0.39 is 17.9 Å². The zero-order chi connectivity index (χ0) is 21.4. The van der Waals surface area contributed by atoms with Gasteiger partial charge in [0.05, 0.1) is 7.11 Å². The number of aromatic hydroxyl groups is 1. The molecule has 0 aliphatic carbocycles. The highest BCUT2D eigenvalue weighted by molar-refractivity contribution is 5.97. The number of methoxy groups -OCH3 is 1. The molecule has 0 aliphatic heterocycles. The van der Waals surface area contributed by atoms with Gasteiger partial charge in [-0.25, -0.2) is 9.78 Å². The Bertz CT molecular complexity index is 825. The summed E-state index contributed by atoms with van der Waals surface area (Å²) >= 11 is 0. The predicted molar refractivity (Wildman–Crippen MR) is 109 cm³/mol. The summed E-state index contributed by atoms with van der Waals surface area (Å²) < 4.78 is 10.6. The number of hydrogen-bond donors (Lipinski definition) is 2. The second-order valence-corrected chi connectivity index (χ2v) is 6.91. The lowest BCUT2D eigenvalue weighted by atomic mass is 9.92. The minimum atomic E-state index is -0.897. The number of nitrogens with one attached hydrogen (secondary N) is 1. The van der Waals surface area contributed by atoms with E-state index in [0.717, 1.165) is 12.8 Å². The largest absolute Gasteiger partial charge is 0.503 e. The van der Waals surface area contributed by atoms with Crippen molar-refractivity contribution in [3.63, 3.8) is 0 Å². The van der Waals surface area contributed by atoms with Gasteiger partial charge in [-0.2, -0.15) is 0 Å². The molecular formula is C22H28N2O5. The molecule has 1 heterocycles. The fourth-order valence-corrected chi connectivity index (χ4v) is 3.03. The number of pyridine rings is 1. The summed E-state index contributed by atoms with van der Waals surface area (Å²) in [6, 6.07) is 10.6. The van der Waals surface area contributed by atoms with Crippen molar-refractivity contribution < 1.29 is 24.2 Å². The maximum Gasteiger partial charge on any atom is 0.328 e. The first kappa shape index (κ1) is 22.2. The number of nitrogens with zero attached hydrogens (tertiary/aromatic N) is 1. The van der Waals surface area contributed by atoms with Crippen LogP contribution in [0.15, 0.2) is 42.6 Å². The highest BCUT2D eigenvalue weighted by atomic mass is 16.5. The zero-order valence-electron chi connectivity index (χ0n) is 17.2. The molecule has 1 aromatic heterocycles. The molecule has 7 nitrogen and oxygen atoms in total. The second kappa shape index (κ2) is 10.5. The Kier molecular flexibility index (Phi) is 8.00. The van der Waals surface area contributed by atoms with Crippen LogP contribution in [0.3, 0.4) is 0 Å². The summed E-state index contributed by atoms with van der Waals surface area (Å²) in [5.41, 5.74) is 0.968. The van der Waals surface area contributed by atoms with Crippen molar-refractivity contribution in [3.05, 3.63) is 53.9 Å². The average molecular weight is 400 g/mol. The Morgan fingerprint density at radius 2 is 1.86 bits per heavy atom. The quantitative estimate of drug-likeness (QED) is 0.628. The topological polar surface area (TPSA) is 97.8 Å². The van der Waals surface area contributed by atoms with E-state index in [1.54, 1.807) is 0 Å². The van der Waals surface area contributed by atoms with E-state index in [9.17, 15) is 14.7 Å². The molecule has 0 saturated heterocycles. The van der Waals surface area contributed by atoms with E-state index in [2.05, 4.69) is 17.2 Å². The summed E-state index contributed by atoms with van der Waals surface area (Å²) in [7, 11) is 1.37. The molecule has 0 radical (unpaired) electrons. The summed E-state index contributed by atoms with van der Waals surface area (Å²) in [4.78, 5) is 28.7. The van der Waals surface area contributed by atoms with E-state index >= 15 is 0 Å². The van der Waals surface area contributed by atoms with Crippen LogP contribution in [0.1, 0.15) is 43.2 Å². The van der Waals surface area contributed by atoms with Crippen LogP contribution in [-0.2, 0) is 16.0 Å². The van der Waals surface area contributed by atoms with E-state index in [1.807, 2.05) is 37.3 Å². The molecule has 2 aromatic rings. The number of amides is 1. The highest BCUT2D eigenvalue weighted by Gasteiger charge is 2.26. The minimum absolute atomic E-state index is 0.126. The SMILES string of the molecule is CC[C@@H](Cc1ccccc1)[C@H](C)OC(=O)[C@H](C)NC(=O)c1nccc(OC)c1O. The van der Waals surface area contributed by atoms with Gasteiger partial charge in [-0.1, -0.05) is 37.3 Å². The van der Waals surface area contributed by atoms with Crippen LogP contribution in [0.25, 0.3) is 0 Å². The molecule has 7 heteroatoms. The van der Waals surface area contributed by atoms with Crippen molar-refractivity contribution in [1.29, 1.82) is 0 Å². The number of rotatable bonds is 9. The summed E-state index contributed by atoms with van der Waals surface area (Å²) in [6.45, 7) is 5.45. The van der Waals surface area contributed by atoms with Gasteiger partial charge < -0.3 is 19.9 Å². The molecule has 29 heavy (non-hydrogen) atoms. The summed E-state index contributed by atoms with van der Waals surface area (Å²) in [5, 5.41) is 12.5. The Labute approximate surface area is 171 Å². The zero-order valence-corrected chi connectivity index (χ0v) is 17.2. The van der Waals surface area contributed by atoms with Gasteiger partial charge in [0.1, 0.15) is 12.1 Å². The summed E-state index contributed by atoms with van der Waals surface area (Å²) in [5.74, 6) is -1.32. The molecule has 0 spiro atoms. The van der Waals surface area contributed by atoms with Crippen LogP contribution in [0.4, 0.5) is 0 Å². The Morgan fingerprint density at radius 1 is 1.17 bits per heavy atom. The smallest absolute Gasteiger partial charge is 0.328 e. The molecule has 156 valence electrons. The third kappa shape index (κ3) is 5.94. The van der Waals surface area contributed by atoms with E-state index in [1.165, 1.54) is 31.9 Å². The minimum Gasteiger partial charge on any atom is -0.503 e. The van der Waals surface area contributed by atoms with Crippen molar-refractivity contribution in [2.45, 2.75) is 45.8 Å². The van der Waals surface area contributed by atoms with Crippen molar-refractivity contribution in [2.24, 2.45) is 5.92 Å². The van der Waals surface area contributed by atoms with Gasteiger partial charge in [0.25, 0.3) is 5.91 Å². The number of carbonyl (C=O) groups excluding carboxylic acids is 2. The van der Waals surface area contributed by atoms with E-state index in [4.69, 9.17) is 9.47 Å². The summed E-state index contributed by atoms with van der Waals surface area (Å²) in [6.07, 6.45) is 2.68. The monoisotopic (exact) mass is 400 g/mol. The van der Waals surface area contributed by atoms with E-state index in [0.29, 0.717) is 0 Å². The van der Waals surface area contributed by atoms with Crippen molar-refractivity contribution in [1.82, 2.24) is 10.3 Å². The van der Waals surface area contributed by atoms with Crippen LogP contribution < -0.4 is 10.1 Å². The molecule has 0 fully saturated rings. The molecular weight excluding hydrogens is 372 g/mol. The lowest BCUT2D eigenvalue weighted by molar-refractivity contribution is -0.152. The van der Waals surface area contributed by atoms with Gasteiger partial charge in [0.2, 0.25) is 0 Å². The van der Waals surface area contributed by atoms with Crippen molar-refractivity contribution >= 4 is 11.9 Å². The van der Waals surface area contributed by atoms with Crippen LogP contribution in [0.5, 0.6) is 11.5 Å². The van der Waals surface area contributed by atoms with Gasteiger partial charge in [-0.05, 0) is 38.2 Å². The molecule has 1 amide bonds. The maximum atomic E-state index is 12.5. The fraction of sp³-hybridized carbons (Fsp3) is 0.409. The first-order valence-corrected chi connectivity index (χ1v) is 9.64. The van der Waals surface area contributed by atoms with Gasteiger partial charge >= 0.3 is 5.97 Å². The molecule has 2 rings (SSSR count). The third-order valence-electron chi connectivity index (χ3n) is 4.85.